The van der Waals surface area contributed by atoms with Gasteiger partial charge in [-0.2, -0.15) is 10.2 Å². The molecule has 0 atom stereocenters. The Morgan fingerprint density at radius 1 is 1.86 bits per heavy atom. The average Bonchev–Trinajstić information content (AvgIpc) is 2.14. The molecule has 1 aromatic rings. The highest BCUT2D eigenvalue weighted by molar-refractivity contribution is 5.27. The van der Waals surface area contributed by atoms with Gasteiger partial charge in [-0.05, 0) is 0 Å². The first-order valence-corrected chi connectivity index (χ1v) is 1.80. The molecule has 36 valence electrons. The highest BCUT2D eigenvalue weighted by Gasteiger charge is 1.81. The molecule has 0 unspecified atom stereocenters. The zero-order valence-corrected chi connectivity index (χ0v) is 3.55. The molecule has 0 fully saturated rings. The number of hydrogen-bond donors (Lipinski definition) is 2. The van der Waals surface area contributed by atoms with Crippen LogP contribution in [0.25, 0.3) is 0 Å². The first-order valence-electron chi connectivity index (χ1n) is 1.80. The van der Waals surface area contributed by atoms with Gasteiger partial charge in [-0.15, -0.1) is 0 Å². The number of aromatic amines is 1. The fraction of sp³-hybridized carbons (Fsp3) is 0. The van der Waals surface area contributed by atoms with Crippen LogP contribution in [-0.4, -0.2) is 10.2 Å². The third kappa shape index (κ3) is 0.623. The van der Waals surface area contributed by atoms with Crippen molar-refractivity contribution in [2.45, 2.75) is 0 Å². The van der Waals surface area contributed by atoms with Gasteiger partial charge in [0.1, 0.15) is 5.69 Å². The van der Waals surface area contributed by atoms with Crippen molar-refractivity contribution >= 4 is 5.69 Å². The predicted molar refractivity (Wildman–Crippen MR) is 23.4 cm³/mol. The van der Waals surface area contributed by atoms with E-state index in [0.717, 1.165) is 0 Å². The van der Waals surface area contributed by atoms with Crippen molar-refractivity contribution < 1.29 is 0 Å². The minimum Gasteiger partial charge on any atom is -0.283 e. The van der Waals surface area contributed by atoms with Crippen LogP contribution in [0.4, 0.5) is 5.69 Å². The van der Waals surface area contributed by atoms with Crippen LogP contribution in [0.3, 0.4) is 0 Å². The number of rotatable bonds is 1. The topological polar surface area (TPSA) is 64.9 Å². The van der Waals surface area contributed by atoms with Crippen LogP contribution in [-0.2, 0) is 0 Å². The second kappa shape index (κ2) is 1.51. The van der Waals surface area contributed by atoms with Gasteiger partial charge in [0.25, 0.3) is 0 Å². The normalized spacial score (nSPS) is 8.57. The average molecular weight is 96.1 g/mol. The lowest BCUT2D eigenvalue weighted by Crippen LogP contribution is -1.53. The third-order valence-corrected chi connectivity index (χ3v) is 0.613. The maximum Gasteiger partial charge on any atom is 0.123 e. The Morgan fingerprint density at radius 2 is 2.71 bits per heavy atom. The smallest absolute Gasteiger partial charge is 0.123 e. The summed E-state index contributed by atoms with van der Waals surface area (Å²) < 4.78 is 0. The Hall–Kier alpha value is -1.19. The van der Waals surface area contributed by atoms with E-state index in [0.29, 0.717) is 5.69 Å². The van der Waals surface area contributed by atoms with Crippen LogP contribution >= 0.6 is 0 Å². The molecule has 0 amide bonds. The fourth-order valence-corrected chi connectivity index (χ4v) is 0.305. The van der Waals surface area contributed by atoms with Crippen molar-refractivity contribution in [2.24, 2.45) is 5.11 Å². The third-order valence-electron chi connectivity index (χ3n) is 0.613. The Balaban J connectivity index is 2.96. The summed E-state index contributed by atoms with van der Waals surface area (Å²) in [7, 11) is 0. The van der Waals surface area contributed by atoms with Crippen LogP contribution in [0.2, 0.25) is 0 Å². The van der Waals surface area contributed by atoms with E-state index in [9.17, 15) is 0 Å². The summed E-state index contributed by atoms with van der Waals surface area (Å²) in [5.74, 6) is 0. The van der Waals surface area contributed by atoms with E-state index in [2.05, 4.69) is 15.3 Å². The Bertz CT molecular complexity index is 142. The van der Waals surface area contributed by atoms with Gasteiger partial charge >= 0.3 is 0 Å². The van der Waals surface area contributed by atoms with Gasteiger partial charge < -0.3 is 0 Å². The lowest BCUT2D eigenvalue weighted by molar-refractivity contribution is 1.09. The standard InChI is InChI=1S/C3H4N4/c4-7-3-1-5-6-2-3/h1-2,4H,(H,5,6). The van der Waals surface area contributed by atoms with Crippen molar-refractivity contribution in [1.82, 2.24) is 10.2 Å². The SMILES string of the molecule is N=Nc1cn[nH]c1. The predicted octanol–water partition coefficient (Wildman–Crippen LogP) is 1.07. The first-order chi connectivity index (χ1) is 3.43. The quantitative estimate of drug-likeness (QED) is 0.504. The van der Waals surface area contributed by atoms with E-state index in [1.54, 1.807) is 6.20 Å². The van der Waals surface area contributed by atoms with Gasteiger partial charge in [0.2, 0.25) is 0 Å². The molecule has 0 aliphatic heterocycles. The lowest BCUT2D eigenvalue weighted by atomic mass is 10.6. The Kier molecular flexibility index (Phi) is 0.856. The van der Waals surface area contributed by atoms with Gasteiger partial charge in [0.15, 0.2) is 0 Å². The number of nitrogens with zero attached hydrogens (tertiary/aromatic N) is 2. The minimum absolute atomic E-state index is 0.556. The number of H-pyrrole nitrogens is 1. The highest BCUT2D eigenvalue weighted by Crippen LogP contribution is 2.03. The first kappa shape index (κ1) is 3.98. The lowest BCUT2D eigenvalue weighted by Gasteiger charge is -1.67. The van der Waals surface area contributed by atoms with E-state index in [1.807, 2.05) is 0 Å². The van der Waals surface area contributed by atoms with Gasteiger partial charge in [-0.3, -0.25) is 5.10 Å². The van der Waals surface area contributed by atoms with Crippen molar-refractivity contribution in [3.05, 3.63) is 12.4 Å². The van der Waals surface area contributed by atoms with Gasteiger partial charge in [-0.25, -0.2) is 5.53 Å². The molecular weight excluding hydrogens is 92.1 g/mol. The molecule has 0 aliphatic rings. The summed E-state index contributed by atoms with van der Waals surface area (Å²) >= 11 is 0. The van der Waals surface area contributed by atoms with Crippen LogP contribution in [0.1, 0.15) is 0 Å². The molecule has 1 aromatic heterocycles. The zero-order valence-electron chi connectivity index (χ0n) is 3.55. The molecule has 4 nitrogen and oxygen atoms in total. The van der Waals surface area contributed by atoms with Crippen LogP contribution < -0.4 is 0 Å². The molecule has 1 rings (SSSR count). The fourth-order valence-electron chi connectivity index (χ4n) is 0.305. The maximum atomic E-state index is 6.43. The second-order valence-corrected chi connectivity index (χ2v) is 1.07. The number of hydrogen-bond acceptors (Lipinski definition) is 3. The molecule has 7 heavy (non-hydrogen) atoms. The van der Waals surface area contributed by atoms with Crippen LogP contribution in [0.15, 0.2) is 17.5 Å². The summed E-state index contributed by atoms with van der Waals surface area (Å²) in [5, 5.41) is 9.16. The van der Waals surface area contributed by atoms with Crippen molar-refractivity contribution in [1.29, 1.82) is 5.53 Å². The Morgan fingerprint density at radius 3 is 3.00 bits per heavy atom. The summed E-state index contributed by atoms with van der Waals surface area (Å²) in [6.07, 6.45) is 3.03. The summed E-state index contributed by atoms with van der Waals surface area (Å²) in [5.41, 5.74) is 6.98. The van der Waals surface area contributed by atoms with Gasteiger partial charge in [-0.1, -0.05) is 0 Å². The number of aromatic nitrogens is 2. The van der Waals surface area contributed by atoms with Gasteiger partial charge in [0, 0.05) is 6.20 Å². The molecule has 0 saturated heterocycles. The zero-order chi connectivity index (χ0) is 5.11. The van der Waals surface area contributed by atoms with Crippen molar-refractivity contribution in [3.8, 4) is 0 Å². The molecule has 0 aromatic carbocycles. The molecule has 0 aliphatic carbocycles. The van der Waals surface area contributed by atoms with Crippen LogP contribution in [0.5, 0.6) is 0 Å². The molecule has 0 radical (unpaired) electrons. The maximum absolute atomic E-state index is 6.43. The van der Waals surface area contributed by atoms with E-state index < -0.39 is 0 Å². The molecule has 0 spiro atoms. The summed E-state index contributed by atoms with van der Waals surface area (Å²) in [6.45, 7) is 0. The van der Waals surface area contributed by atoms with Crippen molar-refractivity contribution in [2.75, 3.05) is 0 Å². The molecule has 1 heterocycles. The molecule has 0 bridgehead atoms. The highest BCUT2D eigenvalue weighted by atomic mass is 15.1. The van der Waals surface area contributed by atoms with Crippen LogP contribution in [0, 0.1) is 5.53 Å². The summed E-state index contributed by atoms with van der Waals surface area (Å²) in [4.78, 5) is 0. The minimum atomic E-state index is 0.556. The monoisotopic (exact) mass is 96.0 g/mol. The van der Waals surface area contributed by atoms with E-state index in [4.69, 9.17) is 5.53 Å². The van der Waals surface area contributed by atoms with E-state index in [1.165, 1.54) is 6.20 Å². The molecule has 4 heteroatoms. The Labute approximate surface area is 40.1 Å². The van der Waals surface area contributed by atoms with E-state index >= 15 is 0 Å². The summed E-state index contributed by atoms with van der Waals surface area (Å²) in [6, 6.07) is 0. The van der Waals surface area contributed by atoms with Crippen molar-refractivity contribution in [3.63, 3.8) is 0 Å². The second-order valence-electron chi connectivity index (χ2n) is 1.07. The molecular formula is C3H4N4. The molecule has 0 saturated carbocycles. The number of nitrogens with one attached hydrogen (secondary N) is 2. The van der Waals surface area contributed by atoms with E-state index in [-0.39, 0.29) is 0 Å². The van der Waals surface area contributed by atoms with Gasteiger partial charge in [0.05, 0.1) is 6.20 Å². The largest absolute Gasteiger partial charge is 0.283 e. The molecule has 2 N–H and O–H groups in total.